The number of halogens is 2. The Balaban J connectivity index is 3.11. The molecule has 14 heavy (non-hydrogen) atoms. The molecule has 0 aliphatic rings. The zero-order chi connectivity index (χ0) is 10.7. The van der Waals surface area contributed by atoms with Gasteiger partial charge in [-0.2, -0.15) is 0 Å². The monoisotopic (exact) mass is 218 g/mol. The molecule has 0 fully saturated rings. The average Bonchev–Trinajstić information content (AvgIpc) is 2.01. The molecule has 0 aromatic heterocycles. The number of rotatable bonds is 3. The van der Waals surface area contributed by atoms with Gasteiger partial charge >= 0.3 is 0 Å². The van der Waals surface area contributed by atoms with Crippen molar-refractivity contribution >= 4 is 12.0 Å². The molecule has 78 valence electrons. The fourth-order valence-electron chi connectivity index (χ4n) is 1.26. The minimum absolute atomic E-state index is 0.130. The second kappa shape index (κ2) is 4.75. The van der Waals surface area contributed by atoms with Crippen LogP contribution in [-0.2, 0) is 4.18 Å². The van der Waals surface area contributed by atoms with Crippen molar-refractivity contribution in [2.45, 2.75) is 24.7 Å². The highest BCUT2D eigenvalue weighted by Crippen LogP contribution is 2.27. The minimum Gasteiger partial charge on any atom is -0.314 e. The largest absolute Gasteiger partial charge is 0.314 e. The molecule has 0 saturated carbocycles. The van der Waals surface area contributed by atoms with Crippen LogP contribution in [0, 0.1) is 11.6 Å². The third-order valence-electron chi connectivity index (χ3n) is 1.81. The van der Waals surface area contributed by atoms with Crippen LogP contribution in [0.5, 0.6) is 0 Å². The lowest BCUT2D eigenvalue weighted by Crippen LogP contribution is -1.98. The highest BCUT2D eigenvalue weighted by molar-refractivity contribution is 7.94. The van der Waals surface area contributed by atoms with E-state index in [2.05, 4.69) is 0 Å². The molecule has 0 amide bonds. The van der Waals surface area contributed by atoms with Crippen molar-refractivity contribution in [2.75, 3.05) is 7.11 Å². The molecule has 1 nitrogen and oxygen atoms in total. The molecule has 1 aromatic rings. The maximum Gasteiger partial charge on any atom is 0.130 e. The first kappa shape index (κ1) is 11.5. The Labute approximate surface area is 86.7 Å². The molecule has 1 aromatic carbocycles. The summed E-state index contributed by atoms with van der Waals surface area (Å²) in [5.74, 6) is -1.18. The van der Waals surface area contributed by atoms with Crippen molar-refractivity contribution in [1.82, 2.24) is 0 Å². The van der Waals surface area contributed by atoms with Crippen LogP contribution in [0.3, 0.4) is 0 Å². The number of benzene rings is 1. The molecule has 0 bridgehead atoms. The summed E-state index contributed by atoms with van der Waals surface area (Å²) in [5.41, 5.74) is 0.130. The Morgan fingerprint density at radius 1 is 1.21 bits per heavy atom. The van der Waals surface area contributed by atoms with E-state index in [0.29, 0.717) is 4.90 Å². The van der Waals surface area contributed by atoms with Crippen LogP contribution < -0.4 is 0 Å². The van der Waals surface area contributed by atoms with E-state index in [9.17, 15) is 8.78 Å². The normalized spacial score (nSPS) is 11.0. The molecule has 0 atom stereocenters. The van der Waals surface area contributed by atoms with Crippen LogP contribution in [0.15, 0.2) is 17.0 Å². The summed E-state index contributed by atoms with van der Waals surface area (Å²) >= 11 is 0.944. The average molecular weight is 218 g/mol. The predicted molar refractivity (Wildman–Crippen MR) is 53.3 cm³/mol. The van der Waals surface area contributed by atoms with Gasteiger partial charge in [-0.25, -0.2) is 8.78 Å². The van der Waals surface area contributed by atoms with Crippen molar-refractivity contribution in [2.24, 2.45) is 0 Å². The van der Waals surface area contributed by atoms with Gasteiger partial charge in [0.25, 0.3) is 0 Å². The van der Waals surface area contributed by atoms with Crippen molar-refractivity contribution in [1.29, 1.82) is 0 Å². The predicted octanol–water partition coefficient (Wildman–Crippen LogP) is 3.74. The number of hydrogen-bond donors (Lipinski definition) is 0. The van der Waals surface area contributed by atoms with Gasteiger partial charge in [-0.15, -0.1) is 0 Å². The van der Waals surface area contributed by atoms with Gasteiger partial charge in [0.2, 0.25) is 0 Å². The van der Waals surface area contributed by atoms with E-state index in [1.165, 1.54) is 19.2 Å². The lowest BCUT2D eigenvalue weighted by Gasteiger charge is -2.09. The smallest absolute Gasteiger partial charge is 0.130 e. The minimum atomic E-state index is -0.514. The Kier molecular flexibility index (Phi) is 3.89. The zero-order valence-electron chi connectivity index (χ0n) is 8.30. The summed E-state index contributed by atoms with van der Waals surface area (Å²) < 4.78 is 31.5. The molecular formula is C10H12F2OS. The molecule has 0 aliphatic heterocycles. The lowest BCUT2D eigenvalue weighted by molar-refractivity contribution is 0.487. The molecule has 4 heteroatoms. The molecule has 1 rings (SSSR count). The Bertz CT molecular complexity index is 303. The second-order valence-electron chi connectivity index (χ2n) is 3.21. The first-order chi connectivity index (χ1) is 6.56. The highest BCUT2D eigenvalue weighted by Gasteiger charge is 2.14. The quantitative estimate of drug-likeness (QED) is 0.715. The Morgan fingerprint density at radius 2 is 1.71 bits per heavy atom. The summed E-state index contributed by atoms with van der Waals surface area (Å²) in [6.45, 7) is 3.51. The van der Waals surface area contributed by atoms with Gasteiger partial charge in [0.15, 0.2) is 0 Å². The summed E-state index contributed by atoms with van der Waals surface area (Å²) in [5, 5.41) is 0. The summed E-state index contributed by atoms with van der Waals surface area (Å²) in [7, 11) is 1.46. The molecular weight excluding hydrogens is 206 g/mol. The molecule has 0 saturated heterocycles. The third kappa shape index (κ3) is 2.45. The summed E-state index contributed by atoms with van der Waals surface area (Å²) in [4.78, 5) is 0.437. The molecule has 0 aliphatic carbocycles. The lowest BCUT2D eigenvalue weighted by atomic mass is 10.0. The Hall–Kier alpha value is -0.610. The standard InChI is InChI=1S/C10H12F2OS/c1-6(2)10-8(11)4-7(14-13-3)5-9(10)12/h4-6H,1-3H3. The maximum absolute atomic E-state index is 13.4. The molecule has 0 N–H and O–H groups in total. The van der Waals surface area contributed by atoms with E-state index in [1.54, 1.807) is 13.8 Å². The molecule has 0 heterocycles. The van der Waals surface area contributed by atoms with Crippen LogP contribution in [0.2, 0.25) is 0 Å². The van der Waals surface area contributed by atoms with Gasteiger partial charge in [-0.3, -0.25) is 0 Å². The van der Waals surface area contributed by atoms with Gasteiger partial charge < -0.3 is 4.18 Å². The van der Waals surface area contributed by atoms with Gasteiger partial charge in [0.05, 0.1) is 7.11 Å². The van der Waals surface area contributed by atoms with Crippen LogP contribution in [0.25, 0.3) is 0 Å². The fourth-order valence-corrected chi connectivity index (χ4v) is 1.75. The first-order valence-corrected chi connectivity index (χ1v) is 5.00. The van der Waals surface area contributed by atoms with E-state index in [0.717, 1.165) is 12.0 Å². The third-order valence-corrected chi connectivity index (χ3v) is 2.40. The Morgan fingerprint density at radius 3 is 2.07 bits per heavy atom. The molecule has 0 unspecified atom stereocenters. The maximum atomic E-state index is 13.4. The van der Waals surface area contributed by atoms with E-state index in [-0.39, 0.29) is 11.5 Å². The number of hydrogen-bond acceptors (Lipinski definition) is 2. The summed E-state index contributed by atoms with van der Waals surface area (Å²) in [6, 6.07) is 2.57. The summed E-state index contributed by atoms with van der Waals surface area (Å²) in [6.07, 6.45) is 0. The van der Waals surface area contributed by atoms with Crippen LogP contribution in [-0.4, -0.2) is 7.11 Å². The van der Waals surface area contributed by atoms with Gasteiger partial charge in [0.1, 0.15) is 11.6 Å². The van der Waals surface area contributed by atoms with E-state index in [1.807, 2.05) is 0 Å². The van der Waals surface area contributed by atoms with Crippen molar-refractivity contribution in [3.63, 3.8) is 0 Å². The van der Waals surface area contributed by atoms with Crippen LogP contribution >= 0.6 is 12.0 Å². The van der Waals surface area contributed by atoms with Crippen molar-refractivity contribution < 1.29 is 13.0 Å². The molecule has 0 radical (unpaired) electrons. The van der Waals surface area contributed by atoms with Gasteiger partial charge in [0, 0.05) is 22.5 Å². The topological polar surface area (TPSA) is 9.23 Å². The van der Waals surface area contributed by atoms with Crippen LogP contribution in [0.1, 0.15) is 25.3 Å². The van der Waals surface area contributed by atoms with E-state index < -0.39 is 11.6 Å². The van der Waals surface area contributed by atoms with E-state index >= 15 is 0 Å². The van der Waals surface area contributed by atoms with Gasteiger partial charge in [-0.1, -0.05) is 13.8 Å². The molecule has 0 spiro atoms. The van der Waals surface area contributed by atoms with Gasteiger partial charge in [-0.05, 0) is 18.1 Å². The SMILES string of the molecule is COSc1cc(F)c(C(C)C)c(F)c1. The van der Waals surface area contributed by atoms with Crippen molar-refractivity contribution in [3.8, 4) is 0 Å². The second-order valence-corrected chi connectivity index (χ2v) is 4.18. The van der Waals surface area contributed by atoms with Crippen molar-refractivity contribution in [3.05, 3.63) is 29.3 Å². The van der Waals surface area contributed by atoms with E-state index in [4.69, 9.17) is 4.18 Å². The first-order valence-electron chi connectivity index (χ1n) is 4.26. The highest BCUT2D eigenvalue weighted by atomic mass is 32.2. The fraction of sp³-hybridized carbons (Fsp3) is 0.400. The van der Waals surface area contributed by atoms with Crippen LogP contribution in [0.4, 0.5) is 8.78 Å². The zero-order valence-corrected chi connectivity index (χ0v) is 9.12.